The Kier molecular flexibility index (Phi) is 5.43. The Balaban J connectivity index is 2.58. The Bertz CT molecular complexity index is 449. The number of nitrogens with one attached hydrogen (secondary N) is 1. The predicted molar refractivity (Wildman–Crippen MR) is 72.2 cm³/mol. The third-order valence-electron chi connectivity index (χ3n) is 1.97. The van der Waals surface area contributed by atoms with E-state index in [1.54, 1.807) is 18.2 Å². The molecule has 0 unspecified atom stereocenters. The molecule has 17 heavy (non-hydrogen) atoms. The summed E-state index contributed by atoms with van der Waals surface area (Å²) in [5.74, 6) is -0.129. The molecule has 4 N–H and O–H groups in total. The lowest BCUT2D eigenvalue weighted by Gasteiger charge is -2.06. The number of halogens is 2. The normalized spacial score (nSPS) is 11.3. The Hall–Kier alpha value is -1.08. The minimum Gasteiger partial charge on any atom is -0.409 e. The first-order chi connectivity index (χ1) is 8.04. The lowest BCUT2D eigenvalue weighted by atomic mass is 10.2. The fourth-order valence-corrected chi connectivity index (χ4v) is 2.35. The van der Waals surface area contributed by atoms with E-state index in [-0.39, 0.29) is 11.7 Å². The van der Waals surface area contributed by atoms with Gasteiger partial charge in [0, 0.05) is 21.9 Å². The minimum absolute atomic E-state index is 0.0835. The van der Waals surface area contributed by atoms with Crippen molar-refractivity contribution < 1.29 is 10.0 Å². The number of oxime groups is 1. The summed E-state index contributed by atoms with van der Waals surface area (Å²) in [6.45, 7) is 0.317. The van der Waals surface area contributed by atoms with Crippen LogP contribution in [0.25, 0.3) is 0 Å². The zero-order valence-electron chi connectivity index (χ0n) is 8.78. The highest BCUT2D eigenvalue weighted by Gasteiger charge is 2.09. The average molecular weight is 365 g/mol. The second-order valence-corrected chi connectivity index (χ2v) is 4.99. The van der Waals surface area contributed by atoms with Gasteiger partial charge in [0.15, 0.2) is 0 Å². The third-order valence-corrected chi connectivity index (χ3v) is 3.12. The van der Waals surface area contributed by atoms with Crippen molar-refractivity contribution in [2.24, 2.45) is 10.9 Å². The molecular weight excluding hydrogens is 354 g/mol. The van der Waals surface area contributed by atoms with Gasteiger partial charge in [-0.3, -0.25) is 4.79 Å². The lowest BCUT2D eigenvalue weighted by Crippen LogP contribution is -2.28. The number of carbonyl (C=O) groups is 1. The second kappa shape index (κ2) is 6.61. The van der Waals surface area contributed by atoms with Crippen LogP contribution < -0.4 is 11.1 Å². The molecule has 0 aliphatic heterocycles. The maximum Gasteiger partial charge on any atom is 0.252 e. The van der Waals surface area contributed by atoms with Crippen LogP contribution in [-0.2, 0) is 0 Å². The van der Waals surface area contributed by atoms with Gasteiger partial charge in [0.05, 0.1) is 5.56 Å². The fourth-order valence-electron chi connectivity index (χ4n) is 1.12. The number of amidine groups is 1. The largest absolute Gasteiger partial charge is 0.409 e. The molecule has 5 nitrogen and oxygen atoms in total. The zero-order chi connectivity index (χ0) is 12.8. The summed E-state index contributed by atoms with van der Waals surface area (Å²) >= 11 is 6.61. The molecule has 1 aromatic carbocycles. The average Bonchev–Trinajstić information content (AvgIpc) is 2.28. The van der Waals surface area contributed by atoms with Gasteiger partial charge in [0.1, 0.15) is 5.84 Å². The van der Waals surface area contributed by atoms with E-state index in [0.29, 0.717) is 23.0 Å². The van der Waals surface area contributed by atoms with Crippen molar-refractivity contribution in [3.8, 4) is 0 Å². The van der Waals surface area contributed by atoms with E-state index in [1.165, 1.54) is 0 Å². The summed E-state index contributed by atoms with van der Waals surface area (Å²) in [6, 6.07) is 5.27. The first-order valence-electron chi connectivity index (χ1n) is 4.74. The number of rotatable bonds is 4. The highest BCUT2D eigenvalue weighted by atomic mass is 79.9. The summed E-state index contributed by atoms with van der Waals surface area (Å²) in [7, 11) is 0. The third kappa shape index (κ3) is 4.35. The predicted octanol–water partition coefficient (Wildman–Crippen LogP) is 2.08. The number of nitrogens with zero attached hydrogens (tertiary/aromatic N) is 1. The van der Waals surface area contributed by atoms with Crippen molar-refractivity contribution in [3.63, 3.8) is 0 Å². The van der Waals surface area contributed by atoms with Crippen LogP contribution in [0.5, 0.6) is 0 Å². The molecular formula is C10H11Br2N3O2. The Morgan fingerprint density at radius 2 is 2.18 bits per heavy atom. The molecule has 1 aromatic rings. The van der Waals surface area contributed by atoms with E-state index in [1.807, 2.05) is 0 Å². The van der Waals surface area contributed by atoms with Gasteiger partial charge in [-0.15, -0.1) is 0 Å². The molecule has 0 spiro atoms. The van der Waals surface area contributed by atoms with Crippen LogP contribution >= 0.6 is 31.9 Å². The summed E-state index contributed by atoms with van der Waals surface area (Å²) in [5.41, 5.74) is 5.82. The lowest BCUT2D eigenvalue weighted by molar-refractivity contribution is 0.0954. The summed E-state index contributed by atoms with van der Waals surface area (Å²) in [6.07, 6.45) is 0.302. The van der Waals surface area contributed by atoms with Crippen LogP contribution in [-0.4, -0.2) is 23.5 Å². The second-order valence-electron chi connectivity index (χ2n) is 3.22. The first-order valence-corrected chi connectivity index (χ1v) is 6.33. The molecule has 0 aliphatic rings. The number of hydrogen-bond donors (Lipinski definition) is 3. The van der Waals surface area contributed by atoms with E-state index in [4.69, 9.17) is 10.9 Å². The van der Waals surface area contributed by atoms with E-state index in [9.17, 15) is 4.79 Å². The van der Waals surface area contributed by atoms with Gasteiger partial charge < -0.3 is 16.3 Å². The number of amides is 1. The van der Waals surface area contributed by atoms with Crippen LogP contribution in [0.1, 0.15) is 16.8 Å². The highest BCUT2D eigenvalue weighted by Crippen LogP contribution is 2.21. The van der Waals surface area contributed by atoms with Crippen LogP contribution in [0.4, 0.5) is 0 Å². The molecule has 1 amide bonds. The smallest absolute Gasteiger partial charge is 0.252 e. The molecule has 0 bridgehead atoms. The van der Waals surface area contributed by atoms with Crippen molar-refractivity contribution in [3.05, 3.63) is 32.7 Å². The van der Waals surface area contributed by atoms with Gasteiger partial charge in [-0.25, -0.2) is 0 Å². The van der Waals surface area contributed by atoms with Crippen molar-refractivity contribution in [2.75, 3.05) is 6.54 Å². The quantitative estimate of drug-likeness (QED) is 0.331. The Morgan fingerprint density at radius 1 is 1.47 bits per heavy atom. The molecule has 0 heterocycles. The molecule has 0 saturated heterocycles. The van der Waals surface area contributed by atoms with E-state index in [0.717, 1.165) is 4.47 Å². The highest BCUT2D eigenvalue weighted by molar-refractivity contribution is 9.11. The number of carbonyl (C=O) groups excluding carboxylic acids is 1. The molecule has 1 rings (SSSR count). The minimum atomic E-state index is -0.213. The molecule has 92 valence electrons. The van der Waals surface area contributed by atoms with Crippen LogP contribution in [0, 0.1) is 0 Å². The van der Waals surface area contributed by atoms with Gasteiger partial charge in [0.25, 0.3) is 5.91 Å². The monoisotopic (exact) mass is 363 g/mol. The van der Waals surface area contributed by atoms with Crippen molar-refractivity contribution in [1.29, 1.82) is 0 Å². The molecule has 0 aromatic heterocycles. The van der Waals surface area contributed by atoms with E-state index >= 15 is 0 Å². The van der Waals surface area contributed by atoms with Gasteiger partial charge in [-0.1, -0.05) is 21.1 Å². The molecule has 0 aliphatic carbocycles. The topological polar surface area (TPSA) is 87.7 Å². The van der Waals surface area contributed by atoms with Crippen molar-refractivity contribution in [1.82, 2.24) is 5.32 Å². The molecule has 0 fully saturated rings. The van der Waals surface area contributed by atoms with Crippen LogP contribution in [0.15, 0.2) is 32.3 Å². The Morgan fingerprint density at radius 3 is 2.76 bits per heavy atom. The molecule has 0 saturated carbocycles. The van der Waals surface area contributed by atoms with Gasteiger partial charge >= 0.3 is 0 Å². The van der Waals surface area contributed by atoms with Gasteiger partial charge in [0.2, 0.25) is 0 Å². The zero-order valence-corrected chi connectivity index (χ0v) is 12.0. The summed E-state index contributed by atoms with van der Waals surface area (Å²) < 4.78 is 1.59. The van der Waals surface area contributed by atoms with Crippen LogP contribution in [0.3, 0.4) is 0 Å². The van der Waals surface area contributed by atoms with Crippen molar-refractivity contribution in [2.45, 2.75) is 6.42 Å². The van der Waals surface area contributed by atoms with Crippen molar-refractivity contribution >= 4 is 43.6 Å². The fraction of sp³-hybridized carbons (Fsp3) is 0.200. The number of nitrogens with two attached hydrogens (primary N) is 1. The van der Waals surface area contributed by atoms with Crippen LogP contribution in [0.2, 0.25) is 0 Å². The molecule has 0 atom stereocenters. The van der Waals surface area contributed by atoms with Gasteiger partial charge in [-0.2, -0.15) is 0 Å². The Labute approximate surface area is 115 Å². The maximum atomic E-state index is 11.7. The summed E-state index contributed by atoms with van der Waals surface area (Å²) in [5, 5.41) is 13.8. The maximum absolute atomic E-state index is 11.7. The SMILES string of the molecule is N/C(CCNC(=O)c1ccc(Br)cc1Br)=N/O. The molecule has 7 heteroatoms. The number of hydrogen-bond acceptors (Lipinski definition) is 3. The van der Waals surface area contributed by atoms with E-state index in [2.05, 4.69) is 42.3 Å². The number of benzene rings is 1. The molecule has 0 radical (unpaired) electrons. The first kappa shape index (κ1) is 14.0. The van der Waals surface area contributed by atoms with E-state index < -0.39 is 0 Å². The standard InChI is InChI=1S/C10H11Br2N3O2/c11-6-1-2-7(8(12)5-6)10(16)14-4-3-9(13)15-17/h1-2,5,17H,3-4H2,(H2,13,15)(H,14,16). The van der Waals surface area contributed by atoms with Gasteiger partial charge in [-0.05, 0) is 34.1 Å². The summed E-state index contributed by atoms with van der Waals surface area (Å²) in [4.78, 5) is 11.7.